The van der Waals surface area contributed by atoms with Crippen LogP contribution in [0.5, 0.6) is 0 Å². The van der Waals surface area contributed by atoms with Crippen LogP contribution in [0.25, 0.3) is 54.6 Å². The third-order valence-corrected chi connectivity index (χ3v) is 7.11. The van der Waals surface area contributed by atoms with Crippen molar-refractivity contribution < 1.29 is 0 Å². The van der Waals surface area contributed by atoms with E-state index in [0.717, 1.165) is 12.8 Å². The summed E-state index contributed by atoms with van der Waals surface area (Å²) in [5, 5.41) is 7.92. The monoisotopic (exact) mass is 406 g/mol. The van der Waals surface area contributed by atoms with Crippen molar-refractivity contribution >= 4 is 32.3 Å². The van der Waals surface area contributed by atoms with Crippen LogP contribution in [-0.4, -0.2) is 0 Å². The Balaban J connectivity index is 1.58. The molecule has 0 heterocycles. The second kappa shape index (κ2) is 6.80. The van der Waals surface area contributed by atoms with Crippen LogP contribution in [0.15, 0.2) is 109 Å². The highest BCUT2D eigenvalue weighted by atomic mass is 14.2. The normalized spacial score (nSPS) is 12.8. The molecule has 0 N–H and O–H groups in total. The first-order valence-electron chi connectivity index (χ1n) is 11.4. The largest absolute Gasteiger partial charge is 0.0620 e. The fourth-order valence-electron chi connectivity index (χ4n) is 5.62. The highest BCUT2D eigenvalue weighted by molar-refractivity contribution is 6.12. The molecule has 0 aliphatic heterocycles. The average Bonchev–Trinajstić information content (AvgIpc) is 2.86. The van der Waals surface area contributed by atoms with Gasteiger partial charge in [-0.15, -0.1) is 0 Å². The van der Waals surface area contributed by atoms with Crippen LogP contribution in [-0.2, 0) is 12.8 Å². The van der Waals surface area contributed by atoms with Gasteiger partial charge in [0.15, 0.2) is 0 Å². The van der Waals surface area contributed by atoms with Gasteiger partial charge in [-0.05, 0) is 96.7 Å². The van der Waals surface area contributed by atoms with Crippen LogP contribution in [0, 0.1) is 0 Å². The Morgan fingerprint density at radius 3 is 1.94 bits per heavy atom. The summed E-state index contributed by atoms with van der Waals surface area (Å²) in [5.74, 6) is 0. The Kier molecular flexibility index (Phi) is 3.77. The maximum atomic E-state index is 2.47. The summed E-state index contributed by atoms with van der Waals surface area (Å²) in [6, 6.07) is 40.4. The summed E-state index contributed by atoms with van der Waals surface area (Å²) in [5.41, 5.74) is 8.44. The number of rotatable bonds is 1. The van der Waals surface area contributed by atoms with Crippen LogP contribution in [0.3, 0.4) is 0 Å². The summed E-state index contributed by atoms with van der Waals surface area (Å²) < 4.78 is 0. The molecule has 0 atom stereocenters. The topological polar surface area (TPSA) is 0 Å². The minimum absolute atomic E-state index is 1.10. The number of fused-ring (bicyclic) bond motifs is 7. The lowest BCUT2D eigenvalue weighted by atomic mass is 9.80. The summed E-state index contributed by atoms with van der Waals surface area (Å²) >= 11 is 0. The van der Waals surface area contributed by atoms with E-state index in [1.807, 2.05) is 0 Å². The Morgan fingerprint density at radius 2 is 1.03 bits per heavy atom. The van der Waals surface area contributed by atoms with Crippen LogP contribution < -0.4 is 0 Å². The second-order valence-electron chi connectivity index (χ2n) is 8.89. The lowest BCUT2D eigenvalue weighted by Gasteiger charge is -2.24. The molecule has 1 aliphatic rings. The van der Waals surface area contributed by atoms with Crippen LogP contribution >= 0.6 is 0 Å². The van der Waals surface area contributed by atoms with E-state index in [4.69, 9.17) is 0 Å². The number of benzene rings is 6. The molecule has 0 nitrogen and oxygen atoms in total. The predicted molar refractivity (Wildman–Crippen MR) is 137 cm³/mol. The summed E-state index contributed by atoms with van der Waals surface area (Å²) in [6.45, 7) is 0. The van der Waals surface area contributed by atoms with E-state index in [2.05, 4.69) is 109 Å². The van der Waals surface area contributed by atoms with Gasteiger partial charge >= 0.3 is 0 Å². The smallest absolute Gasteiger partial charge is 0.00700 e. The Morgan fingerprint density at radius 1 is 0.375 bits per heavy atom. The summed E-state index contributed by atoms with van der Waals surface area (Å²) in [7, 11) is 0. The molecule has 0 unspecified atom stereocenters. The van der Waals surface area contributed by atoms with Gasteiger partial charge in [-0.25, -0.2) is 0 Å². The van der Waals surface area contributed by atoms with E-state index in [0.29, 0.717) is 0 Å². The van der Waals surface area contributed by atoms with E-state index in [-0.39, 0.29) is 0 Å². The number of hydrogen-bond donors (Lipinski definition) is 0. The zero-order valence-corrected chi connectivity index (χ0v) is 17.8. The van der Waals surface area contributed by atoms with E-state index >= 15 is 0 Å². The van der Waals surface area contributed by atoms with Gasteiger partial charge < -0.3 is 0 Å². The van der Waals surface area contributed by atoms with Gasteiger partial charge in [0.25, 0.3) is 0 Å². The molecular weight excluding hydrogens is 384 g/mol. The summed E-state index contributed by atoms with van der Waals surface area (Å²) in [6.07, 6.45) is 2.21. The van der Waals surface area contributed by atoms with Crippen LogP contribution in [0.2, 0.25) is 0 Å². The molecule has 0 heteroatoms. The first kappa shape index (κ1) is 17.7. The molecule has 32 heavy (non-hydrogen) atoms. The van der Waals surface area contributed by atoms with Crippen molar-refractivity contribution in [3.8, 4) is 22.3 Å². The highest BCUT2D eigenvalue weighted by Crippen LogP contribution is 2.44. The first-order chi connectivity index (χ1) is 15.9. The van der Waals surface area contributed by atoms with Crippen molar-refractivity contribution in [3.05, 3.63) is 120 Å². The molecule has 6 aromatic carbocycles. The molecule has 0 amide bonds. The van der Waals surface area contributed by atoms with Gasteiger partial charge in [0.05, 0.1) is 0 Å². The Labute approximate surface area is 187 Å². The van der Waals surface area contributed by atoms with Crippen molar-refractivity contribution in [3.63, 3.8) is 0 Å². The SMILES string of the molecule is c1ccc2c(c1)CCc1cc(-c3cccc4cc5ccccc5cc34)c3ccccc3c1-2. The molecule has 0 fully saturated rings. The third-order valence-electron chi connectivity index (χ3n) is 7.11. The molecule has 0 saturated carbocycles. The average molecular weight is 407 g/mol. The van der Waals surface area contributed by atoms with Crippen molar-refractivity contribution in [2.45, 2.75) is 12.8 Å². The summed E-state index contributed by atoms with van der Waals surface area (Å²) in [4.78, 5) is 0. The zero-order chi connectivity index (χ0) is 21.1. The molecule has 0 spiro atoms. The lowest BCUT2D eigenvalue weighted by Crippen LogP contribution is -2.05. The standard InChI is InChI=1S/C32H22/c1-2-10-23-19-30-24(18-22(23)9-1)11-7-15-28(30)31-20-25-17-16-21-8-3-4-12-26(21)32(25)29-14-6-5-13-27(29)31/h1-15,18-20H,16-17H2. The Hall–Kier alpha value is -3.90. The van der Waals surface area contributed by atoms with Gasteiger partial charge in [-0.2, -0.15) is 0 Å². The minimum atomic E-state index is 1.10. The first-order valence-corrected chi connectivity index (χ1v) is 11.4. The van der Waals surface area contributed by atoms with E-state index < -0.39 is 0 Å². The van der Waals surface area contributed by atoms with Crippen LogP contribution in [0.4, 0.5) is 0 Å². The van der Waals surface area contributed by atoms with Gasteiger partial charge in [0, 0.05) is 0 Å². The zero-order valence-electron chi connectivity index (χ0n) is 17.8. The molecule has 6 aromatic rings. The molecule has 7 rings (SSSR count). The fraction of sp³-hybridized carbons (Fsp3) is 0.0625. The van der Waals surface area contributed by atoms with Crippen molar-refractivity contribution in [2.75, 3.05) is 0 Å². The van der Waals surface area contributed by atoms with E-state index in [1.54, 1.807) is 0 Å². The molecule has 0 aromatic heterocycles. The van der Waals surface area contributed by atoms with Crippen LogP contribution in [0.1, 0.15) is 11.1 Å². The van der Waals surface area contributed by atoms with Crippen molar-refractivity contribution in [1.29, 1.82) is 0 Å². The minimum Gasteiger partial charge on any atom is -0.0620 e. The van der Waals surface area contributed by atoms with E-state index in [9.17, 15) is 0 Å². The van der Waals surface area contributed by atoms with Crippen molar-refractivity contribution in [1.82, 2.24) is 0 Å². The molecule has 150 valence electrons. The molecule has 1 aliphatic carbocycles. The fourth-order valence-corrected chi connectivity index (χ4v) is 5.62. The molecule has 0 saturated heterocycles. The molecule has 0 bridgehead atoms. The van der Waals surface area contributed by atoms with Gasteiger partial charge in [-0.1, -0.05) is 91.0 Å². The quantitative estimate of drug-likeness (QED) is 0.240. The van der Waals surface area contributed by atoms with E-state index in [1.165, 1.54) is 65.7 Å². The molecular formula is C32H22. The number of hydrogen-bond acceptors (Lipinski definition) is 0. The van der Waals surface area contributed by atoms with Crippen molar-refractivity contribution in [2.24, 2.45) is 0 Å². The third kappa shape index (κ3) is 2.56. The van der Waals surface area contributed by atoms with Gasteiger partial charge in [-0.3, -0.25) is 0 Å². The molecule has 0 radical (unpaired) electrons. The second-order valence-corrected chi connectivity index (χ2v) is 8.89. The lowest BCUT2D eigenvalue weighted by molar-refractivity contribution is 0.945. The Bertz CT molecular complexity index is 1670. The predicted octanol–water partition coefficient (Wildman–Crippen LogP) is 8.58. The maximum Gasteiger partial charge on any atom is -0.00700 e. The number of aryl methyl sites for hydroxylation is 2. The van der Waals surface area contributed by atoms with Gasteiger partial charge in [0.2, 0.25) is 0 Å². The van der Waals surface area contributed by atoms with Gasteiger partial charge in [0.1, 0.15) is 0 Å². The highest BCUT2D eigenvalue weighted by Gasteiger charge is 2.21. The maximum absolute atomic E-state index is 2.47.